The number of carboxylic acid groups (broad SMARTS) is 1. The van der Waals surface area contributed by atoms with Crippen molar-refractivity contribution in [2.75, 3.05) is 0 Å². The Morgan fingerprint density at radius 3 is 2.45 bits per heavy atom. The molecule has 3 rings (SSSR count). The fourth-order valence-electron chi connectivity index (χ4n) is 2.99. The predicted molar refractivity (Wildman–Crippen MR) is 113 cm³/mol. The van der Waals surface area contributed by atoms with Gasteiger partial charge in [-0.3, -0.25) is 5.41 Å². The van der Waals surface area contributed by atoms with Crippen molar-refractivity contribution in [3.63, 3.8) is 0 Å². The number of nitrogen functional groups attached to an aromatic ring is 1. The minimum atomic E-state index is -1.02. The number of benzene rings is 3. The maximum atomic E-state index is 11.6. The van der Waals surface area contributed by atoms with Gasteiger partial charge in [-0.15, -0.1) is 0 Å². The summed E-state index contributed by atoms with van der Waals surface area (Å²) in [5.41, 5.74) is 15.4. The van der Waals surface area contributed by atoms with E-state index in [1.807, 2.05) is 43.3 Å². The lowest BCUT2D eigenvalue weighted by Crippen LogP contribution is -2.10. The predicted octanol–water partition coefficient (Wildman–Crippen LogP) is 3.93. The monoisotopic (exact) mass is 389 g/mol. The number of nitrogens with one attached hydrogen (secondary N) is 1. The number of hydrogen-bond acceptors (Lipinski definition) is 4. The number of rotatable bonds is 7. The first kappa shape index (κ1) is 20.1. The molecule has 0 aliphatic heterocycles. The lowest BCUT2D eigenvalue weighted by Gasteiger charge is -2.12. The lowest BCUT2D eigenvalue weighted by atomic mass is 9.98. The van der Waals surface area contributed by atoms with E-state index in [1.165, 1.54) is 0 Å². The van der Waals surface area contributed by atoms with Crippen LogP contribution in [0.2, 0.25) is 0 Å². The van der Waals surface area contributed by atoms with Crippen LogP contribution in [0.1, 0.15) is 40.0 Å². The average Bonchev–Trinajstić information content (AvgIpc) is 2.72. The molecule has 6 nitrogen and oxygen atoms in total. The summed E-state index contributed by atoms with van der Waals surface area (Å²) in [6.07, 6.45) is 0. The van der Waals surface area contributed by atoms with Gasteiger partial charge in [0.2, 0.25) is 0 Å². The number of amidine groups is 1. The number of carbonyl (C=O) groups is 1. The van der Waals surface area contributed by atoms with Gasteiger partial charge >= 0.3 is 5.97 Å². The summed E-state index contributed by atoms with van der Waals surface area (Å²) in [6, 6.07) is 19.6. The summed E-state index contributed by atoms with van der Waals surface area (Å²) in [6.45, 7) is 2.11. The quantitative estimate of drug-likeness (QED) is 0.360. The summed E-state index contributed by atoms with van der Waals surface area (Å²) in [5, 5.41) is 17.1. The number of hydrogen-bond donors (Lipinski definition) is 4. The minimum Gasteiger partial charge on any atom is -0.489 e. The van der Waals surface area contributed by atoms with Gasteiger partial charge in [0.25, 0.3) is 0 Å². The number of carboxylic acids is 1. The Morgan fingerprint density at radius 2 is 1.76 bits per heavy atom. The molecule has 0 saturated carbocycles. The van der Waals surface area contributed by atoms with Gasteiger partial charge in [0.05, 0.1) is 5.56 Å². The van der Waals surface area contributed by atoms with E-state index < -0.39 is 5.97 Å². The molecule has 29 heavy (non-hydrogen) atoms. The minimum absolute atomic E-state index is 0.0428. The molecule has 0 heterocycles. The molecule has 0 radical (unpaired) electrons. The molecule has 3 aromatic carbocycles. The fourth-order valence-corrected chi connectivity index (χ4v) is 2.99. The molecule has 1 unspecified atom stereocenters. The van der Waals surface area contributed by atoms with Crippen molar-refractivity contribution < 1.29 is 14.6 Å². The molecular formula is C23H23N3O3. The molecule has 6 N–H and O–H groups in total. The van der Waals surface area contributed by atoms with E-state index in [4.69, 9.17) is 21.6 Å². The largest absolute Gasteiger partial charge is 0.489 e. The molecule has 3 aromatic rings. The standard InChI is InChI=1S/C23H23N3O3/c1-14(24)16-4-3-7-21(12-16)29-13-15-8-19(11-20(9-15)23(27)28)17-5-2-6-18(10-17)22(25)26/h2-12,14H,13,24H2,1H3,(H3,25,26)(H,27,28). The number of ether oxygens (including phenoxy) is 1. The van der Waals surface area contributed by atoms with Gasteiger partial charge in [0.1, 0.15) is 18.2 Å². The fraction of sp³-hybridized carbons (Fsp3) is 0.130. The third-order valence-electron chi connectivity index (χ3n) is 4.54. The van der Waals surface area contributed by atoms with Crippen LogP contribution < -0.4 is 16.2 Å². The molecule has 0 aromatic heterocycles. The molecule has 0 fully saturated rings. The van der Waals surface area contributed by atoms with E-state index in [0.717, 1.165) is 22.3 Å². The van der Waals surface area contributed by atoms with Crippen LogP contribution in [0, 0.1) is 5.41 Å². The first-order valence-electron chi connectivity index (χ1n) is 9.14. The zero-order chi connectivity index (χ0) is 21.0. The maximum Gasteiger partial charge on any atom is 0.335 e. The van der Waals surface area contributed by atoms with Crippen LogP contribution >= 0.6 is 0 Å². The highest BCUT2D eigenvalue weighted by Gasteiger charge is 2.11. The van der Waals surface area contributed by atoms with Crippen molar-refractivity contribution in [1.82, 2.24) is 0 Å². The zero-order valence-electron chi connectivity index (χ0n) is 16.1. The first-order valence-corrected chi connectivity index (χ1v) is 9.14. The van der Waals surface area contributed by atoms with E-state index in [1.54, 1.807) is 30.3 Å². The van der Waals surface area contributed by atoms with E-state index in [9.17, 15) is 9.90 Å². The maximum absolute atomic E-state index is 11.6. The van der Waals surface area contributed by atoms with E-state index in [0.29, 0.717) is 11.3 Å². The van der Waals surface area contributed by atoms with Gasteiger partial charge in [-0.1, -0.05) is 30.3 Å². The Labute approximate surface area is 169 Å². The van der Waals surface area contributed by atoms with Crippen LogP contribution in [0.25, 0.3) is 11.1 Å². The summed E-state index contributed by atoms with van der Waals surface area (Å²) >= 11 is 0. The second-order valence-corrected chi connectivity index (χ2v) is 6.87. The Balaban J connectivity index is 1.91. The molecule has 0 saturated heterocycles. The first-order chi connectivity index (χ1) is 13.8. The lowest BCUT2D eigenvalue weighted by molar-refractivity contribution is 0.0696. The topological polar surface area (TPSA) is 122 Å². The molecule has 0 bridgehead atoms. The third kappa shape index (κ3) is 5.00. The van der Waals surface area contributed by atoms with Gasteiger partial charge in [0, 0.05) is 11.6 Å². The third-order valence-corrected chi connectivity index (χ3v) is 4.54. The van der Waals surface area contributed by atoms with Gasteiger partial charge in [-0.25, -0.2) is 4.79 Å². The average molecular weight is 389 g/mol. The van der Waals surface area contributed by atoms with E-state index >= 15 is 0 Å². The molecule has 1 atom stereocenters. The second kappa shape index (κ2) is 8.58. The zero-order valence-corrected chi connectivity index (χ0v) is 16.1. The molecule has 148 valence electrons. The molecule has 0 spiro atoms. The number of nitrogens with two attached hydrogens (primary N) is 2. The van der Waals surface area contributed by atoms with Crippen molar-refractivity contribution in [2.45, 2.75) is 19.6 Å². The highest BCUT2D eigenvalue weighted by atomic mass is 16.5. The van der Waals surface area contributed by atoms with Gasteiger partial charge < -0.3 is 21.3 Å². The smallest absolute Gasteiger partial charge is 0.335 e. The van der Waals surface area contributed by atoms with Crippen LogP contribution in [0.5, 0.6) is 5.75 Å². The summed E-state index contributed by atoms with van der Waals surface area (Å²) in [4.78, 5) is 11.6. The highest BCUT2D eigenvalue weighted by Crippen LogP contribution is 2.25. The SMILES string of the molecule is CC(N)c1cccc(OCc2cc(C(=O)O)cc(-c3cccc(C(=N)N)c3)c2)c1. The van der Waals surface area contributed by atoms with Crippen LogP contribution in [0.4, 0.5) is 0 Å². The van der Waals surface area contributed by atoms with Crippen LogP contribution in [0.3, 0.4) is 0 Å². The van der Waals surface area contributed by atoms with Crippen molar-refractivity contribution in [3.05, 3.63) is 89.0 Å². The van der Waals surface area contributed by atoms with Crippen LogP contribution in [-0.2, 0) is 6.61 Å². The molecule has 0 aliphatic rings. The van der Waals surface area contributed by atoms with Crippen LogP contribution in [-0.4, -0.2) is 16.9 Å². The Morgan fingerprint density at radius 1 is 1.03 bits per heavy atom. The second-order valence-electron chi connectivity index (χ2n) is 6.87. The van der Waals surface area contributed by atoms with Crippen molar-refractivity contribution >= 4 is 11.8 Å². The molecule has 6 heteroatoms. The Bertz CT molecular complexity index is 1060. The summed E-state index contributed by atoms with van der Waals surface area (Å²) < 4.78 is 5.87. The molecular weight excluding hydrogens is 366 g/mol. The Hall–Kier alpha value is -3.64. The van der Waals surface area contributed by atoms with Crippen molar-refractivity contribution in [3.8, 4) is 16.9 Å². The molecule has 0 amide bonds. The molecule has 0 aliphatic carbocycles. The summed E-state index contributed by atoms with van der Waals surface area (Å²) in [5.74, 6) is -0.394. The highest BCUT2D eigenvalue weighted by molar-refractivity contribution is 5.96. The normalized spacial score (nSPS) is 11.7. The number of aromatic carboxylic acids is 1. The van der Waals surface area contributed by atoms with E-state index in [2.05, 4.69) is 0 Å². The van der Waals surface area contributed by atoms with Gasteiger partial charge in [-0.05, 0) is 65.6 Å². The van der Waals surface area contributed by atoms with Crippen molar-refractivity contribution in [1.29, 1.82) is 5.41 Å². The Kier molecular flexibility index (Phi) is 5.95. The van der Waals surface area contributed by atoms with Crippen LogP contribution in [0.15, 0.2) is 66.7 Å². The summed E-state index contributed by atoms with van der Waals surface area (Å²) in [7, 11) is 0. The van der Waals surface area contributed by atoms with E-state index in [-0.39, 0.29) is 24.0 Å². The van der Waals surface area contributed by atoms with Gasteiger partial charge in [0.15, 0.2) is 0 Å². The van der Waals surface area contributed by atoms with Crippen molar-refractivity contribution in [2.24, 2.45) is 11.5 Å². The van der Waals surface area contributed by atoms with Gasteiger partial charge in [-0.2, -0.15) is 0 Å².